The minimum Gasteiger partial charge on any atom is -0.346 e. The highest BCUT2D eigenvalue weighted by atomic mass is 16.2. The lowest BCUT2D eigenvalue weighted by Crippen LogP contribution is -2.51. The Morgan fingerprint density at radius 1 is 1.05 bits per heavy atom. The summed E-state index contributed by atoms with van der Waals surface area (Å²) in [5, 5.41) is 2.51. The Labute approximate surface area is 121 Å². The summed E-state index contributed by atoms with van der Waals surface area (Å²) in [5.41, 5.74) is 1.96. The Morgan fingerprint density at radius 2 is 1.76 bits per heavy atom. The van der Waals surface area contributed by atoms with E-state index in [1.54, 1.807) is 12.4 Å². The van der Waals surface area contributed by atoms with Gasteiger partial charge in [0.05, 0.1) is 6.54 Å². The molecule has 2 amide bonds. The third kappa shape index (κ3) is 2.89. The maximum atomic E-state index is 11.7. The molecular formula is C15H14N4O2. The van der Waals surface area contributed by atoms with E-state index in [1.165, 1.54) is 4.90 Å². The van der Waals surface area contributed by atoms with E-state index in [4.69, 9.17) is 0 Å². The van der Waals surface area contributed by atoms with Gasteiger partial charge < -0.3 is 10.2 Å². The highest BCUT2D eigenvalue weighted by molar-refractivity contribution is 6.35. The summed E-state index contributed by atoms with van der Waals surface area (Å²) in [6.45, 7) is 1.20. The number of benzene rings is 1. The quantitative estimate of drug-likeness (QED) is 0.837. The zero-order chi connectivity index (χ0) is 14.7. The van der Waals surface area contributed by atoms with Crippen molar-refractivity contribution in [3.8, 4) is 11.1 Å². The summed E-state index contributed by atoms with van der Waals surface area (Å²) >= 11 is 0. The van der Waals surface area contributed by atoms with Crippen LogP contribution in [0.5, 0.6) is 0 Å². The van der Waals surface area contributed by atoms with E-state index in [1.807, 2.05) is 30.3 Å². The second-order valence-electron chi connectivity index (χ2n) is 4.74. The monoisotopic (exact) mass is 282 g/mol. The van der Waals surface area contributed by atoms with E-state index >= 15 is 0 Å². The summed E-state index contributed by atoms with van der Waals surface area (Å²) in [6.07, 6.45) is 3.46. The molecule has 6 nitrogen and oxygen atoms in total. The molecule has 0 radical (unpaired) electrons. The van der Waals surface area contributed by atoms with Gasteiger partial charge in [-0.2, -0.15) is 0 Å². The van der Waals surface area contributed by atoms with Gasteiger partial charge in [-0.15, -0.1) is 0 Å². The number of piperazine rings is 1. The van der Waals surface area contributed by atoms with Crippen LogP contribution in [0.4, 0.5) is 0 Å². The third-order valence-corrected chi connectivity index (χ3v) is 3.29. The standard InChI is InChI=1S/C15H14N4O2/c20-14-15(21)19(7-6-16-14)10-13-17-8-12(9-18-13)11-4-2-1-3-5-11/h1-5,8-9H,6-7,10H2,(H,16,20). The number of nitrogens with zero attached hydrogens (tertiary/aromatic N) is 3. The minimum absolute atomic E-state index is 0.251. The number of amides is 2. The molecule has 1 aromatic heterocycles. The molecular weight excluding hydrogens is 268 g/mol. The van der Waals surface area contributed by atoms with Crippen LogP contribution in [-0.4, -0.2) is 39.8 Å². The fourth-order valence-electron chi connectivity index (χ4n) is 2.16. The van der Waals surface area contributed by atoms with Crippen molar-refractivity contribution in [2.45, 2.75) is 6.54 Å². The molecule has 0 atom stereocenters. The lowest BCUT2D eigenvalue weighted by atomic mass is 10.1. The highest BCUT2D eigenvalue weighted by Gasteiger charge is 2.26. The summed E-state index contributed by atoms with van der Waals surface area (Å²) < 4.78 is 0. The fourth-order valence-corrected chi connectivity index (χ4v) is 2.16. The molecule has 3 rings (SSSR count). The van der Waals surface area contributed by atoms with E-state index < -0.39 is 11.8 Å². The summed E-state index contributed by atoms with van der Waals surface area (Å²) in [6, 6.07) is 9.82. The molecule has 2 heterocycles. The first-order valence-electron chi connectivity index (χ1n) is 6.67. The fraction of sp³-hybridized carbons (Fsp3) is 0.200. The van der Waals surface area contributed by atoms with Crippen LogP contribution in [-0.2, 0) is 16.1 Å². The molecule has 0 saturated carbocycles. The van der Waals surface area contributed by atoms with Crippen LogP contribution in [0, 0.1) is 0 Å². The number of hydrogen-bond donors (Lipinski definition) is 1. The van der Waals surface area contributed by atoms with Gasteiger partial charge in [0, 0.05) is 31.0 Å². The van der Waals surface area contributed by atoms with Gasteiger partial charge in [0.25, 0.3) is 0 Å². The van der Waals surface area contributed by atoms with Crippen molar-refractivity contribution in [1.29, 1.82) is 0 Å². The number of rotatable bonds is 3. The number of carbonyl (C=O) groups is 2. The maximum absolute atomic E-state index is 11.7. The Morgan fingerprint density at radius 3 is 2.48 bits per heavy atom. The molecule has 106 valence electrons. The van der Waals surface area contributed by atoms with Crippen LogP contribution in [0.2, 0.25) is 0 Å². The summed E-state index contributed by atoms with van der Waals surface area (Å²) in [4.78, 5) is 33.0. The van der Waals surface area contributed by atoms with Crippen molar-refractivity contribution in [1.82, 2.24) is 20.2 Å². The van der Waals surface area contributed by atoms with Gasteiger partial charge in [0.15, 0.2) is 0 Å². The molecule has 21 heavy (non-hydrogen) atoms. The second-order valence-corrected chi connectivity index (χ2v) is 4.74. The van der Waals surface area contributed by atoms with Crippen molar-refractivity contribution < 1.29 is 9.59 Å². The van der Waals surface area contributed by atoms with Gasteiger partial charge >= 0.3 is 11.8 Å². The van der Waals surface area contributed by atoms with Gasteiger partial charge in [0.1, 0.15) is 5.82 Å². The van der Waals surface area contributed by atoms with Crippen molar-refractivity contribution in [2.75, 3.05) is 13.1 Å². The van der Waals surface area contributed by atoms with E-state index in [2.05, 4.69) is 15.3 Å². The lowest BCUT2D eigenvalue weighted by Gasteiger charge is -2.25. The van der Waals surface area contributed by atoms with Gasteiger partial charge in [-0.05, 0) is 5.56 Å². The van der Waals surface area contributed by atoms with Crippen LogP contribution < -0.4 is 5.32 Å². The average Bonchev–Trinajstić information content (AvgIpc) is 2.53. The average molecular weight is 282 g/mol. The predicted molar refractivity (Wildman–Crippen MR) is 75.9 cm³/mol. The molecule has 6 heteroatoms. The van der Waals surface area contributed by atoms with Crippen LogP contribution >= 0.6 is 0 Å². The highest BCUT2D eigenvalue weighted by Crippen LogP contribution is 2.16. The predicted octanol–water partition coefficient (Wildman–Crippen LogP) is 0.602. The van der Waals surface area contributed by atoms with Crippen molar-refractivity contribution >= 4 is 11.8 Å². The molecule has 2 aromatic rings. The molecule has 1 saturated heterocycles. The van der Waals surface area contributed by atoms with E-state index in [0.717, 1.165) is 11.1 Å². The molecule has 0 bridgehead atoms. The van der Waals surface area contributed by atoms with Gasteiger partial charge in [-0.25, -0.2) is 9.97 Å². The van der Waals surface area contributed by atoms with Gasteiger partial charge in [-0.1, -0.05) is 30.3 Å². The molecule has 0 unspecified atom stereocenters. The number of hydrogen-bond acceptors (Lipinski definition) is 4. The molecule has 0 spiro atoms. The van der Waals surface area contributed by atoms with Crippen molar-refractivity contribution in [3.63, 3.8) is 0 Å². The third-order valence-electron chi connectivity index (χ3n) is 3.29. The first kappa shape index (κ1) is 13.2. The zero-order valence-electron chi connectivity index (χ0n) is 11.3. The molecule has 1 aliphatic rings. The second kappa shape index (κ2) is 5.70. The van der Waals surface area contributed by atoms with Crippen molar-refractivity contribution in [2.24, 2.45) is 0 Å². The van der Waals surface area contributed by atoms with E-state index in [9.17, 15) is 9.59 Å². The zero-order valence-corrected chi connectivity index (χ0v) is 11.3. The topological polar surface area (TPSA) is 75.2 Å². The Bertz CT molecular complexity index is 655. The molecule has 1 N–H and O–H groups in total. The smallest absolute Gasteiger partial charge is 0.312 e. The Balaban J connectivity index is 1.73. The summed E-state index contributed by atoms with van der Waals surface area (Å²) in [7, 11) is 0. The first-order chi connectivity index (χ1) is 10.2. The Kier molecular flexibility index (Phi) is 3.59. The number of aromatic nitrogens is 2. The largest absolute Gasteiger partial charge is 0.346 e. The molecule has 1 aromatic carbocycles. The van der Waals surface area contributed by atoms with Crippen LogP contribution in [0.15, 0.2) is 42.7 Å². The molecule has 0 aliphatic carbocycles. The van der Waals surface area contributed by atoms with Crippen LogP contribution in [0.3, 0.4) is 0 Å². The molecule has 1 fully saturated rings. The molecule has 1 aliphatic heterocycles. The lowest BCUT2D eigenvalue weighted by molar-refractivity contribution is -0.148. The van der Waals surface area contributed by atoms with Gasteiger partial charge in [0.2, 0.25) is 0 Å². The van der Waals surface area contributed by atoms with Gasteiger partial charge in [-0.3, -0.25) is 9.59 Å². The van der Waals surface area contributed by atoms with E-state index in [0.29, 0.717) is 18.9 Å². The summed E-state index contributed by atoms with van der Waals surface area (Å²) in [5.74, 6) is -0.572. The maximum Gasteiger partial charge on any atom is 0.312 e. The van der Waals surface area contributed by atoms with E-state index in [-0.39, 0.29) is 6.54 Å². The normalized spacial score (nSPS) is 15.0. The first-order valence-corrected chi connectivity index (χ1v) is 6.67. The van der Waals surface area contributed by atoms with Crippen LogP contribution in [0.1, 0.15) is 5.82 Å². The number of nitrogens with one attached hydrogen (secondary N) is 1. The SMILES string of the molecule is O=C1NCCN(Cc2ncc(-c3ccccc3)cn2)C1=O. The van der Waals surface area contributed by atoms with Crippen molar-refractivity contribution in [3.05, 3.63) is 48.5 Å². The Hall–Kier alpha value is -2.76. The minimum atomic E-state index is -0.567. The number of carbonyl (C=O) groups excluding carboxylic acids is 2. The van der Waals surface area contributed by atoms with Crippen LogP contribution in [0.25, 0.3) is 11.1 Å².